The fourth-order valence-electron chi connectivity index (χ4n) is 3.00. The molecule has 1 aliphatic rings. The largest absolute Gasteiger partial charge is 0.361 e. The summed E-state index contributed by atoms with van der Waals surface area (Å²) in [5.74, 6) is -0.441. The third-order valence-electron chi connectivity index (χ3n) is 4.57. The number of pyridine rings is 1. The first kappa shape index (κ1) is 16.3. The normalized spacial score (nSPS) is 14.8. The molecular weight excluding hydrogens is 328 g/mol. The lowest BCUT2D eigenvalue weighted by atomic mass is 10.0. The number of rotatable bonds is 6. The highest BCUT2D eigenvalue weighted by Crippen LogP contribution is 2.21. The Labute approximate surface area is 151 Å². The first-order valence-corrected chi connectivity index (χ1v) is 8.77. The van der Waals surface area contributed by atoms with Crippen LogP contribution in [0.2, 0.25) is 0 Å². The molecule has 132 valence electrons. The summed E-state index contributed by atoms with van der Waals surface area (Å²) in [5.41, 5.74) is 2.46. The van der Waals surface area contributed by atoms with Crippen molar-refractivity contribution in [3.63, 3.8) is 0 Å². The highest BCUT2D eigenvalue weighted by Gasteiger charge is 2.29. The van der Waals surface area contributed by atoms with Crippen LogP contribution in [0.4, 0.5) is 0 Å². The molecule has 0 aliphatic heterocycles. The van der Waals surface area contributed by atoms with Gasteiger partial charge in [0.2, 0.25) is 5.91 Å². The summed E-state index contributed by atoms with van der Waals surface area (Å²) in [5, 5.41) is 6.92. The molecule has 2 amide bonds. The molecule has 6 nitrogen and oxygen atoms in total. The third-order valence-corrected chi connectivity index (χ3v) is 4.57. The maximum absolute atomic E-state index is 12.7. The van der Waals surface area contributed by atoms with Crippen LogP contribution in [-0.4, -0.2) is 33.9 Å². The fraction of sp³-hybridized carbons (Fsp3) is 0.250. The van der Waals surface area contributed by atoms with Gasteiger partial charge in [0.15, 0.2) is 0 Å². The lowest BCUT2D eigenvalue weighted by Crippen LogP contribution is -2.48. The molecule has 0 bridgehead atoms. The number of nitrogens with one attached hydrogen (secondary N) is 3. The Bertz CT molecular complexity index is 931. The van der Waals surface area contributed by atoms with Crippen LogP contribution in [0.25, 0.3) is 10.9 Å². The molecule has 0 radical (unpaired) electrons. The third kappa shape index (κ3) is 3.59. The molecule has 2 aromatic heterocycles. The zero-order valence-corrected chi connectivity index (χ0v) is 14.2. The van der Waals surface area contributed by atoms with Gasteiger partial charge >= 0.3 is 0 Å². The van der Waals surface area contributed by atoms with Gasteiger partial charge in [-0.1, -0.05) is 18.2 Å². The van der Waals surface area contributed by atoms with Crippen LogP contribution < -0.4 is 10.6 Å². The van der Waals surface area contributed by atoms with Gasteiger partial charge < -0.3 is 15.6 Å². The van der Waals surface area contributed by atoms with E-state index in [0.29, 0.717) is 12.0 Å². The summed E-state index contributed by atoms with van der Waals surface area (Å²) in [4.78, 5) is 32.4. The molecule has 4 rings (SSSR count). The van der Waals surface area contributed by atoms with Crippen LogP contribution in [0.5, 0.6) is 0 Å². The standard InChI is InChI=1S/C20H20N4O2/c25-19(13-4-3-9-21-11-13)24-18(20(26)23-15-7-8-15)10-14-12-22-17-6-2-1-5-16(14)17/h1-6,9,11-12,15,18,22H,7-8,10H2,(H,23,26)(H,24,25)/t18-/m1/s1. The van der Waals surface area contributed by atoms with Crippen LogP contribution in [-0.2, 0) is 11.2 Å². The maximum Gasteiger partial charge on any atom is 0.253 e. The zero-order chi connectivity index (χ0) is 17.9. The molecule has 1 saturated carbocycles. The SMILES string of the molecule is O=C(N[C@H](Cc1c[nH]c2ccccc12)C(=O)NC1CC1)c1cccnc1. The summed E-state index contributed by atoms with van der Waals surface area (Å²) >= 11 is 0. The molecule has 0 spiro atoms. The second-order valence-corrected chi connectivity index (χ2v) is 6.61. The summed E-state index contributed by atoms with van der Waals surface area (Å²) in [6.07, 6.45) is 7.44. The van der Waals surface area contributed by atoms with Crippen molar-refractivity contribution in [2.75, 3.05) is 0 Å². The second kappa shape index (κ2) is 7.00. The van der Waals surface area contributed by atoms with Crippen molar-refractivity contribution < 1.29 is 9.59 Å². The average molecular weight is 348 g/mol. The lowest BCUT2D eigenvalue weighted by Gasteiger charge is -2.18. The summed E-state index contributed by atoms with van der Waals surface area (Å²) < 4.78 is 0. The number of hydrogen-bond acceptors (Lipinski definition) is 3. The molecule has 1 atom stereocenters. The van der Waals surface area contributed by atoms with Crippen LogP contribution >= 0.6 is 0 Å². The van der Waals surface area contributed by atoms with E-state index < -0.39 is 6.04 Å². The Hall–Kier alpha value is -3.15. The van der Waals surface area contributed by atoms with Gasteiger partial charge in [-0.05, 0) is 36.6 Å². The minimum Gasteiger partial charge on any atom is -0.361 e. The zero-order valence-electron chi connectivity index (χ0n) is 14.2. The van der Waals surface area contributed by atoms with Crippen molar-refractivity contribution in [2.45, 2.75) is 31.3 Å². The Kier molecular flexibility index (Phi) is 4.39. The fourth-order valence-corrected chi connectivity index (χ4v) is 3.00. The van der Waals surface area contributed by atoms with E-state index >= 15 is 0 Å². The van der Waals surface area contributed by atoms with E-state index in [1.54, 1.807) is 18.3 Å². The van der Waals surface area contributed by atoms with Crippen molar-refractivity contribution in [3.8, 4) is 0 Å². The van der Waals surface area contributed by atoms with E-state index in [2.05, 4.69) is 20.6 Å². The lowest BCUT2D eigenvalue weighted by molar-refractivity contribution is -0.123. The van der Waals surface area contributed by atoms with Crippen molar-refractivity contribution in [1.82, 2.24) is 20.6 Å². The molecule has 0 saturated heterocycles. The van der Waals surface area contributed by atoms with E-state index in [-0.39, 0.29) is 17.9 Å². The van der Waals surface area contributed by atoms with E-state index in [4.69, 9.17) is 0 Å². The van der Waals surface area contributed by atoms with Gasteiger partial charge in [0, 0.05) is 42.0 Å². The molecule has 1 aromatic carbocycles. The molecule has 1 aliphatic carbocycles. The number of carbonyl (C=O) groups excluding carboxylic acids is 2. The molecule has 2 heterocycles. The summed E-state index contributed by atoms with van der Waals surface area (Å²) in [6, 6.07) is 10.9. The van der Waals surface area contributed by atoms with Crippen molar-refractivity contribution in [1.29, 1.82) is 0 Å². The summed E-state index contributed by atoms with van der Waals surface area (Å²) in [6.45, 7) is 0. The smallest absolute Gasteiger partial charge is 0.253 e. The Morgan fingerprint density at radius 2 is 2.04 bits per heavy atom. The first-order valence-electron chi connectivity index (χ1n) is 8.77. The van der Waals surface area contributed by atoms with E-state index in [9.17, 15) is 9.59 Å². The molecule has 6 heteroatoms. The predicted molar refractivity (Wildman–Crippen MR) is 98.7 cm³/mol. The molecule has 3 N–H and O–H groups in total. The monoisotopic (exact) mass is 348 g/mol. The Morgan fingerprint density at radius 1 is 1.19 bits per heavy atom. The van der Waals surface area contributed by atoms with Gasteiger partial charge in [-0.2, -0.15) is 0 Å². The highest BCUT2D eigenvalue weighted by atomic mass is 16.2. The van der Waals surface area contributed by atoms with Gasteiger partial charge in [-0.15, -0.1) is 0 Å². The van der Waals surface area contributed by atoms with Gasteiger partial charge in [-0.3, -0.25) is 14.6 Å². The van der Waals surface area contributed by atoms with Crippen molar-refractivity contribution in [3.05, 3.63) is 66.1 Å². The number of hydrogen-bond donors (Lipinski definition) is 3. The molecule has 0 unspecified atom stereocenters. The number of nitrogens with zero attached hydrogens (tertiary/aromatic N) is 1. The second-order valence-electron chi connectivity index (χ2n) is 6.61. The molecule has 26 heavy (non-hydrogen) atoms. The molecule has 3 aromatic rings. The van der Waals surface area contributed by atoms with Crippen LogP contribution in [0.15, 0.2) is 55.0 Å². The minimum absolute atomic E-state index is 0.143. The molecule has 1 fully saturated rings. The summed E-state index contributed by atoms with van der Waals surface area (Å²) in [7, 11) is 0. The number of fused-ring (bicyclic) bond motifs is 1. The predicted octanol–water partition coefficient (Wildman–Crippen LogP) is 2.18. The van der Waals surface area contributed by atoms with Crippen LogP contribution in [0, 0.1) is 0 Å². The van der Waals surface area contributed by atoms with Crippen LogP contribution in [0.1, 0.15) is 28.8 Å². The first-order chi connectivity index (χ1) is 12.7. The van der Waals surface area contributed by atoms with Crippen LogP contribution in [0.3, 0.4) is 0 Å². The van der Waals surface area contributed by atoms with E-state index in [0.717, 1.165) is 29.3 Å². The molecular formula is C20H20N4O2. The number of benzene rings is 1. The maximum atomic E-state index is 12.7. The van der Waals surface area contributed by atoms with Crippen molar-refractivity contribution >= 4 is 22.7 Å². The average Bonchev–Trinajstić information content (AvgIpc) is 3.40. The number of carbonyl (C=O) groups is 2. The van der Waals surface area contributed by atoms with Gasteiger partial charge in [0.25, 0.3) is 5.91 Å². The quantitative estimate of drug-likeness (QED) is 0.638. The van der Waals surface area contributed by atoms with E-state index in [1.165, 1.54) is 6.20 Å². The Balaban J connectivity index is 1.56. The van der Waals surface area contributed by atoms with E-state index in [1.807, 2.05) is 30.5 Å². The number of para-hydroxylation sites is 1. The number of H-pyrrole nitrogens is 1. The van der Waals surface area contributed by atoms with Crippen molar-refractivity contribution in [2.24, 2.45) is 0 Å². The topological polar surface area (TPSA) is 86.9 Å². The number of aromatic amines is 1. The number of amides is 2. The van der Waals surface area contributed by atoms with Gasteiger partial charge in [0.05, 0.1) is 5.56 Å². The van der Waals surface area contributed by atoms with Gasteiger partial charge in [0.1, 0.15) is 6.04 Å². The Morgan fingerprint density at radius 3 is 2.81 bits per heavy atom. The minimum atomic E-state index is -0.637. The van der Waals surface area contributed by atoms with Gasteiger partial charge in [-0.25, -0.2) is 0 Å². The number of aromatic nitrogens is 2. The highest BCUT2D eigenvalue weighted by molar-refractivity contribution is 5.97.